The fourth-order valence-corrected chi connectivity index (χ4v) is 8.45. The number of terminal acetylenes is 1. The first-order chi connectivity index (χ1) is 26.3. The highest BCUT2D eigenvalue weighted by Crippen LogP contribution is 2.43. The van der Waals surface area contributed by atoms with Crippen LogP contribution < -0.4 is 9.64 Å². The number of anilines is 1. The van der Waals surface area contributed by atoms with E-state index in [-0.39, 0.29) is 22.6 Å². The second-order valence-corrected chi connectivity index (χ2v) is 14.6. The van der Waals surface area contributed by atoms with E-state index in [0.717, 1.165) is 42.7 Å². The average Bonchev–Trinajstić information content (AvgIpc) is 3.78. The molecular formula is C42H40F3N7O2. The van der Waals surface area contributed by atoms with Crippen molar-refractivity contribution in [1.82, 2.24) is 29.7 Å². The molecule has 2 unspecified atom stereocenters. The highest BCUT2D eigenvalue weighted by Gasteiger charge is 2.47. The van der Waals surface area contributed by atoms with Crippen molar-refractivity contribution in [2.75, 3.05) is 51.3 Å². The van der Waals surface area contributed by atoms with Gasteiger partial charge in [-0.05, 0) is 62.2 Å². The molecule has 1 amide bonds. The zero-order chi connectivity index (χ0) is 37.4. The number of halogens is 3. The molecule has 2 atom stereocenters. The molecule has 1 spiro atoms. The Hall–Kier alpha value is -5.54. The summed E-state index contributed by atoms with van der Waals surface area (Å²) in [5.41, 5.74) is 1.76. The number of carbonyl (C=O) groups is 1. The molecular weight excluding hydrogens is 692 g/mol. The Labute approximate surface area is 311 Å². The molecule has 0 saturated carbocycles. The zero-order valence-corrected chi connectivity index (χ0v) is 30.0. The maximum atomic E-state index is 16.3. The highest BCUT2D eigenvalue weighted by molar-refractivity contribution is 6.02. The van der Waals surface area contributed by atoms with Crippen LogP contribution in [-0.4, -0.2) is 94.2 Å². The number of likely N-dealkylation sites (tertiary alicyclic amines) is 1. The van der Waals surface area contributed by atoms with Gasteiger partial charge in [0.05, 0.1) is 18.2 Å². The molecule has 0 aliphatic carbocycles. The van der Waals surface area contributed by atoms with Crippen LogP contribution in [0.1, 0.15) is 43.4 Å². The maximum Gasteiger partial charge on any atom is 0.318 e. The van der Waals surface area contributed by atoms with Crippen molar-refractivity contribution < 1.29 is 22.7 Å². The number of hydrogen-bond acceptors (Lipinski definition) is 8. The topological polar surface area (TPSA) is 87.6 Å². The molecule has 5 aromatic rings. The van der Waals surface area contributed by atoms with Crippen LogP contribution in [0.4, 0.5) is 19.0 Å². The second-order valence-electron chi connectivity index (χ2n) is 14.6. The van der Waals surface area contributed by atoms with Gasteiger partial charge in [0.1, 0.15) is 23.2 Å². The molecule has 4 fully saturated rings. The van der Waals surface area contributed by atoms with E-state index in [0.29, 0.717) is 66.8 Å². The van der Waals surface area contributed by atoms with E-state index in [2.05, 4.69) is 35.7 Å². The van der Waals surface area contributed by atoms with Crippen molar-refractivity contribution in [3.63, 3.8) is 0 Å². The maximum absolute atomic E-state index is 16.3. The molecule has 9 rings (SSSR count). The summed E-state index contributed by atoms with van der Waals surface area (Å²) in [6, 6.07) is 17.0. The molecule has 3 aromatic heterocycles. The Bertz CT molecular complexity index is 2260. The lowest BCUT2D eigenvalue weighted by molar-refractivity contribution is -0.141. The molecule has 4 aliphatic rings. The van der Waals surface area contributed by atoms with E-state index < -0.39 is 23.7 Å². The minimum atomic E-state index is -0.826. The van der Waals surface area contributed by atoms with Crippen LogP contribution in [0.3, 0.4) is 0 Å². The second kappa shape index (κ2) is 14.7. The summed E-state index contributed by atoms with van der Waals surface area (Å²) in [7, 11) is 1.45. The van der Waals surface area contributed by atoms with Crippen molar-refractivity contribution in [3.05, 3.63) is 89.9 Å². The summed E-state index contributed by atoms with van der Waals surface area (Å²) < 4.78 is 49.0. The third kappa shape index (κ3) is 6.73. The number of aromatic nitrogens is 4. The Kier molecular flexibility index (Phi) is 9.67. The number of piperidine rings is 1. The van der Waals surface area contributed by atoms with E-state index in [9.17, 15) is 13.6 Å². The number of hydrogen-bond donors (Lipinski definition) is 0. The number of benzene rings is 2. The number of methoxy groups -OCH3 is 1. The number of rotatable bonds is 5. The van der Waals surface area contributed by atoms with Gasteiger partial charge in [-0.1, -0.05) is 42.3 Å². The summed E-state index contributed by atoms with van der Waals surface area (Å²) in [6.07, 6.45) is 14.4. The van der Waals surface area contributed by atoms with Crippen molar-refractivity contribution >= 4 is 39.5 Å². The predicted octanol–water partition coefficient (Wildman–Crippen LogP) is 7.00. The van der Waals surface area contributed by atoms with Gasteiger partial charge in [-0.3, -0.25) is 19.7 Å². The fourth-order valence-electron chi connectivity index (χ4n) is 8.45. The van der Waals surface area contributed by atoms with Crippen LogP contribution in [0.2, 0.25) is 0 Å². The minimum Gasteiger partial charge on any atom is -0.467 e. The van der Waals surface area contributed by atoms with Gasteiger partial charge in [0, 0.05) is 79.2 Å². The van der Waals surface area contributed by atoms with Crippen LogP contribution in [0.25, 0.3) is 39.0 Å². The van der Waals surface area contributed by atoms with Crippen LogP contribution in [-0.2, 0) is 4.79 Å². The van der Waals surface area contributed by atoms with E-state index >= 15 is 4.39 Å². The van der Waals surface area contributed by atoms with E-state index in [4.69, 9.17) is 11.2 Å². The number of alkyl halides is 1. The monoisotopic (exact) mass is 731 g/mol. The Morgan fingerprint density at radius 3 is 2.56 bits per heavy atom. The lowest BCUT2D eigenvalue weighted by Crippen LogP contribution is -2.62. The molecule has 0 radical (unpaired) electrons. The Morgan fingerprint density at radius 2 is 1.83 bits per heavy atom. The molecule has 276 valence electrons. The van der Waals surface area contributed by atoms with Gasteiger partial charge in [0.15, 0.2) is 11.6 Å². The fraction of sp³-hybridized carbons (Fsp3) is 0.357. The third-order valence-electron chi connectivity index (χ3n) is 11.2. The third-order valence-corrected chi connectivity index (χ3v) is 11.2. The molecule has 4 saturated heterocycles. The smallest absolute Gasteiger partial charge is 0.318 e. The van der Waals surface area contributed by atoms with Crippen molar-refractivity contribution in [2.24, 2.45) is 5.41 Å². The first kappa shape index (κ1) is 35.5. The summed E-state index contributed by atoms with van der Waals surface area (Å²) in [4.78, 5) is 36.2. The number of pyridine rings is 2. The van der Waals surface area contributed by atoms with Crippen LogP contribution in [0, 0.1) is 23.6 Å². The molecule has 12 heteroatoms. The van der Waals surface area contributed by atoms with Gasteiger partial charge in [0.25, 0.3) is 5.91 Å². The van der Waals surface area contributed by atoms with Crippen LogP contribution in [0.5, 0.6) is 6.01 Å². The van der Waals surface area contributed by atoms with E-state index in [1.54, 1.807) is 36.7 Å². The molecule has 7 heterocycles. The van der Waals surface area contributed by atoms with Gasteiger partial charge in [-0.2, -0.15) is 9.97 Å². The van der Waals surface area contributed by atoms with E-state index in [1.807, 2.05) is 30.3 Å². The zero-order valence-electron chi connectivity index (χ0n) is 30.0. The van der Waals surface area contributed by atoms with Crippen LogP contribution in [0.15, 0.2) is 72.8 Å². The molecule has 0 bridgehead atoms. The summed E-state index contributed by atoms with van der Waals surface area (Å²) in [5.74, 6) is 1.19. The molecule has 2 aromatic carbocycles. The number of amides is 1. The van der Waals surface area contributed by atoms with Gasteiger partial charge in [-0.25, -0.2) is 13.2 Å². The van der Waals surface area contributed by atoms with Crippen molar-refractivity contribution in [1.29, 1.82) is 0 Å². The number of fused-ring (bicyclic) bond motifs is 3. The molecule has 4 aliphatic heterocycles. The van der Waals surface area contributed by atoms with Crippen LogP contribution >= 0.6 is 0 Å². The van der Waals surface area contributed by atoms with Gasteiger partial charge < -0.3 is 14.5 Å². The van der Waals surface area contributed by atoms with Crippen molar-refractivity contribution in [3.8, 4) is 29.6 Å². The summed E-state index contributed by atoms with van der Waals surface area (Å²) >= 11 is 0. The molecule has 9 nitrogen and oxygen atoms in total. The molecule has 0 N–H and O–H groups in total. The highest BCUT2D eigenvalue weighted by atomic mass is 19.1. The molecule has 54 heavy (non-hydrogen) atoms. The largest absolute Gasteiger partial charge is 0.467 e. The van der Waals surface area contributed by atoms with Crippen molar-refractivity contribution in [2.45, 2.75) is 44.3 Å². The Morgan fingerprint density at radius 1 is 1.04 bits per heavy atom. The van der Waals surface area contributed by atoms with Gasteiger partial charge in [0.2, 0.25) is 0 Å². The Balaban J connectivity index is 0.000000399. The lowest BCUT2D eigenvalue weighted by Gasteiger charge is -2.54. The first-order valence-electron chi connectivity index (χ1n) is 18.4. The van der Waals surface area contributed by atoms with E-state index in [1.165, 1.54) is 24.9 Å². The SMILES string of the molecule is C#Cc1cccc2cccc(-c3ncc4c(N5CCC6(CC5)CN(C(=O)/C(F)=C/c5ccccn5)C6)nc(OC)nc4c3F)c12.FC1CC2CCCN2C1. The number of ether oxygens (including phenoxy) is 1. The summed E-state index contributed by atoms with van der Waals surface area (Å²) in [6.45, 7) is 4.03. The number of nitrogens with zero attached hydrogens (tertiary/aromatic N) is 7. The first-order valence-corrected chi connectivity index (χ1v) is 18.4. The number of carbonyl (C=O) groups excluding carboxylic acids is 1. The lowest BCUT2D eigenvalue weighted by atomic mass is 9.72. The minimum absolute atomic E-state index is 0.0478. The van der Waals surface area contributed by atoms with Gasteiger partial charge >= 0.3 is 6.01 Å². The predicted molar refractivity (Wildman–Crippen MR) is 203 cm³/mol. The van der Waals surface area contributed by atoms with Gasteiger partial charge in [-0.15, -0.1) is 6.42 Å². The average molecular weight is 732 g/mol. The normalized spacial score (nSPS) is 20.7. The standard InChI is InChI=1S/C35H28F2N6O2.C7H12FN/c1-3-22-8-6-9-23-10-7-12-25(28(22)23)30-29(37)31-26(19-39-30)32(41-34(40-31)45-2)42-16-13-35(14-17-42)20-43(21-35)33(44)27(36)18-24-11-4-5-15-38-24;8-6-4-7-2-1-3-9(7)5-6/h1,4-12,15,18-19H,13-14,16-17,20-21H2,2H3;6-7H,1-5H2/b27-18-;. The quantitative estimate of drug-likeness (QED) is 0.141. The summed E-state index contributed by atoms with van der Waals surface area (Å²) in [5, 5.41) is 2.10.